The largest absolute Gasteiger partial charge is 0.326 e. The van der Waals surface area contributed by atoms with Crippen molar-refractivity contribution in [2.75, 3.05) is 11.9 Å². The van der Waals surface area contributed by atoms with Gasteiger partial charge in [0.2, 0.25) is 5.96 Å². The molecule has 168 valence electrons. The van der Waals surface area contributed by atoms with Crippen molar-refractivity contribution in [1.82, 2.24) is 15.1 Å². The third-order valence-corrected chi connectivity index (χ3v) is 6.15. The molecule has 6 nitrogen and oxygen atoms in total. The molecule has 1 amide bonds. The summed E-state index contributed by atoms with van der Waals surface area (Å²) in [4.78, 5) is 17.6. The van der Waals surface area contributed by atoms with Crippen molar-refractivity contribution >= 4 is 33.5 Å². The van der Waals surface area contributed by atoms with E-state index in [1.807, 2.05) is 43.7 Å². The highest BCUT2D eigenvalue weighted by Gasteiger charge is 2.14. The van der Waals surface area contributed by atoms with Gasteiger partial charge in [-0.1, -0.05) is 24.3 Å². The summed E-state index contributed by atoms with van der Waals surface area (Å²) in [7, 11) is 0. The van der Waals surface area contributed by atoms with Gasteiger partial charge >= 0.3 is 0 Å². The van der Waals surface area contributed by atoms with Crippen LogP contribution in [0.2, 0.25) is 0 Å². The predicted molar refractivity (Wildman–Crippen MR) is 135 cm³/mol. The summed E-state index contributed by atoms with van der Waals surface area (Å²) in [5, 5.41) is 10.9. The van der Waals surface area contributed by atoms with Crippen LogP contribution in [-0.2, 0) is 13.0 Å². The Labute approximate surface area is 198 Å². The molecule has 1 aromatic heterocycles. The number of rotatable bonds is 6. The maximum Gasteiger partial charge on any atom is 0.259 e. The van der Waals surface area contributed by atoms with E-state index in [4.69, 9.17) is 4.99 Å². The first-order valence-electron chi connectivity index (χ1n) is 10.8. The van der Waals surface area contributed by atoms with Gasteiger partial charge < -0.3 is 5.32 Å². The van der Waals surface area contributed by atoms with Gasteiger partial charge in [-0.3, -0.25) is 19.8 Å². The summed E-state index contributed by atoms with van der Waals surface area (Å²) in [6.45, 7) is 11.6. The minimum absolute atomic E-state index is 0.222. The highest BCUT2D eigenvalue weighted by molar-refractivity contribution is 9.10. The van der Waals surface area contributed by atoms with Crippen LogP contribution in [0, 0.1) is 27.7 Å². The molecule has 0 aliphatic heterocycles. The molecular weight excluding hydrogens is 466 g/mol. The van der Waals surface area contributed by atoms with Gasteiger partial charge in [-0.25, -0.2) is 0 Å². The number of nitrogens with zero attached hydrogens (tertiary/aromatic N) is 3. The summed E-state index contributed by atoms with van der Waals surface area (Å²) in [5.74, 6) is 0.206. The Bertz CT molecular complexity index is 1150. The molecule has 2 aromatic carbocycles. The molecule has 0 aliphatic carbocycles. The fraction of sp³-hybridized carbons (Fsp3) is 0.320. The number of benzene rings is 2. The number of aliphatic imine (C=N–C) groups is 1. The van der Waals surface area contributed by atoms with E-state index < -0.39 is 0 Å². The van der Waals surface area contributed by atoms with Gasteiger partial charge in [0.05, 0.1) is 11.3 Å². The Morgan fingerprint density at radius 2 is 1.88 bits per heavy atom. The Balaban J connectivity index is 1.84. The molecule has 2 N–H and O–H groups in total. The van der Waals surface area contributed by atoms with Gasteiger partial charge in [-0.15, -0.1) is 0 Å². The number of aromatic nitrogens is 2. The van der Waals surface area contributed by atoms with Gasteiger partial charge in [-0.05, 0) is 91.9 Å². The standard InChI is InChI=1S/C25H30BrN5O/c1-6-31-19(5)20(18(4)30-31)13-14-27-25(28-23-15-16(2)11-12-17(23)3)29-24(32)21-9-7-8-10-22(21)26/h7-12,15H,6,13-14H2,1-5H3,(H2,27,28,29,32). The smallest absolute Gasteiger partial charge is 0.259 e. The van der Waals surface area contributed by atoms with Crippen LogP contribution in [-0.4, -0.2) is 28.2 Å². The summed E-state index contributed by atoms with van der Waals surface area (Å²) >= 11 is 3.45. The maximum atomic E-state index is 12.9. The lowest BCUT2D eigenvalue weighted by Gasteiger charge is -2.15. The Kier molecular flexibility index (Phi) is 7.85. The molecule has 0 spiro atoms. The average molecular weight is 496 g/mol. The number of aryl methyl sites for hydroxylation is 4. The molecule has 0 radical (unpaired) electrons. The first-order chi connectivity index (χ1) is 15.3. The third-order valence-electron chi connectivity index (χ3n) is 5.46. The zero-order chi connectivity index (χ0) is 23.3. The Morgan fingerprint density at radius 1 is 1.12 bits per heavy atom. The van der Waals surface area contributed by atoms with Crippen molar-refractivity contribution in [3.05, 3.63) is 80.6 Å². The highest BCUT2D eigenvalue weighted by Crippen LogP contribution is 2.18. The molecule has 3 aromatic rings. The molecule has 0 unspecified atom stereocenters. The van der Waals surface area contributed by atoms with E-state index in [1.54, 1.807) is 6.07 Å². The molecule has 3 rings (SSSR count). The van der Waals surface area contributed by atoms with Crippen molar-refractivity contribution in [3.63, 3.8) is 0 Å². The number of carbonyl (C=O) groups excluding carboxylic acids is 1. The molecule has 0 fully saturated rings. The third kappa shape index (κ3) is 5.65. The van der Waals surface area contributed by atoms with Crippen molar-refractivity contribution in [2.45, 2.75) is 47.6 Å². The Hall–Kier alpha value is -2.93. The number of carbonyl (C=O) groups is 1. The molecule has 0 saturated carbocycles. The predicted octanol–water partition coefficient (Wildman–Crippen LogP) is 5.34. The van der Waals surface area contributed by atoms with E-state index in [1.165, 1.54) is 11.3 Å². The topological polar surface area (TPSA) is 71.3 Å². The highest BCUT2D eigenvalue weighted by atomic mass is 79.9. The normalized spacial score (nSPS) is 11.5. The van der Waals surface area contributed by atoms with Gasteiger partial charge in [0, 0.05) is 28.9 Å². The molecule has 0 bridgehead atoms. The molecule has 0 aliphatic rings. The van der Waals surface area contributed by atoms with Gasteiger partial charge in [-0.2, -0.15) is 5.10 Å². The lowest BCUT2D eigenvalue weighted by molar-refractivity contribution is 0.0976. The lowest BCUT2D eigenvalue weighted by atomic mass is 10.1. The van der Waals surface area contributed by atoms with E-state index in [0.717, 1.165) is 39.9 Å². The van der Waals surface area contributed by atoms with E-state index in [0.29, 0.717) is 18.1 Å². The maximum absolute atomic E-state index is 12.9. The van der Waals surface area contributed by atoms with Crippen LogP contribution >= 0.6 is 15.9 Å². The SMILES string of the molecule is CCn1nc(C)c(CCN=C(NC(=O)c2ccccc2Br)Nc2cc(C)ccc2C)c1C. The second kappa shape index (κ2) is 10.6. The van der Waals surface area contributed by atoms with Crippen LogP contribution in [0.25, 0.3) is 0 Å². The minimum Gasteiger partial charge on any atom is -0.326 e. The number of guanidine groups is 1. The van der Waals surface area contributed by atoms with Crippen molar-refractivity contribution in [2.24, 2.45) is 4.99 Å². The van der Waals surface area contributed by atoms with Crippen LogP contribution in [0.3, 0.4) is 0 Å². The molecular formula is C25H30BrN5O. The van der Waals surface area contributed by atoms with Crippen LogP contribution < -0.4 is 10.6 Å². The fourth-order valence-electron chi connectivity index (χ4n) is 3.61. The fourth-order valence-corrected chi connectivity index (χ4v) is 4.08. The molecule has 32 heavy (non-hydrogen) atoms. The first-order valence-corrected chi connectivity index (χ1v) is 11.6. The van der Waals surface area contributed by atoms with E-state index in [9.17, 15) is 4.79 Å². The number of hydrogen-bond donors (Lipinski definition) is 2. The van der Waals surface area contributed by atoms with Crippen molar-refractivity contribution in [3.8, 4) is 0 Å². The van der Waals surface area contributed by atoms with Crippen molar-refractivity contribution in [1.29, 1.82) is 0 Å². The minimum atomic E-state index is -0.222. The lowest BCUT2D eigenvalue weighted by Crippen LogP contribution is -2.36. The molecule has 0 saturated heterocycles. The summed E-state index contributed by atoms with van der Waals surface area (Å²) in [5.41, 5.74) is 7.09. The van der Waals surface area contributed by atoms with Crippen LogP contribution in [0.5, 0.6) is 0 Å². The average Bonchev–Trinajstić information content (AvgIpc) is 3.04. The van der Waals surface area contributed by atoms with Crippen LogP contribution in [0.15, 0.2) is 51.9 Å². The van der Waals surface area contributed by atoms with E-state index >= 15 is 0 Å². The quantitative estimate of drug-likeness (QED) is 0.358. The number of amides is 1. The van der Waals surface area contributed by atoms with E-state index in [2.05, 4.69) is 63.7 Å². The monoisotopic (exact) mass is 495 g/mol. The second-order valence-corrected chi connectivity index (χ2v) is 8.68. The molecule has 0 atom stereocenters. The zero-order valence-electron chi connectivity index (χ0n) is 19.3. The second-order valence-electron chi connectivity index (χ2n) is 7.82. The number of hydrogen-bond acceptors (Lipinski definition) is 3. The van der Waals surface area contributed by atoms with E-state index in [-0.39, 0.29) is 5.91 Å². The number of anilines is 1. The zero-order valence-corrected chi connectivity index (χ0v) is 20.9. The first kappa shape index (κ1) is 23.7. The summed E-state index contributed by atoms with van der Waals surface area (Å²) in [6, 6.07) is 13.5. The Morgan fingerprint density at radius 3 is 2.56 bits per heavy atom. The summed E-state index contributed by atoms with van der Waals surface area (Å²) in [6.07, 6.45) is 0.751. The van der Waals surface area contributed by atoms with Crippen LogP contribution in [0.1, 0.15) is 45.4 Å². The van der Waals surface area contributed by atoms with Gasteiger partial charge in [0.25, 0.3) is 5.91 Å². The number of nitrogens with one attached hydrogen (secondary N) is 2. The number of halogens is 1. The molecule has 1 heterocycles. The summed E-state index contributed by atoms with van der Waals surface area (Å²) < 4.78 is 2.75. The molecule has 7 heteroatoms. The van der Waals surface area contributed by atoms with Gasteiger partial charge in [0.15, 0.2) is 0 Å². The van der Waals surface area contributed by atoms with Crippen molar-refractivity contribution < 1.29 is 4.79 Å². The van der Waals surface area contributed by atoms with Gasteiger partial charge in [0.1, 0.15) is 0 Å². The van der Waals surface area contributed by atoms with Crippen LogP contribution in [0.4, 0.5) is 5.69 Å².